The highest BCUT2D eigenvalue weighted by atomic mass is 32.2. The Morgan fingerprint density at radius 1 is 1.06 bits per heavy atom. The first-order chi connectivity index (χ1) is 16.1. The number of amides is 3. The van der Waals surface area contributed by atoms with Crippen LogP contribution in [0.25, 0.3) is 0 Å². The molecule has 1 aromatic carbocycles. The first-order valence-corrected chi connectivity index (χ1v) is 13.7. The summed E-state index contributed by atoms with van der Waals surface area (Å²) < 4.78 is 28.0. The van der Waals surface area contributed by atoms with Crippen LogP contribution in [0.5, 0.6) is 0 Å². The maximum Gasteiger partial charge on any atom is 0.323 e. The highest BCUT2D eigenvalue weighted by molar-refractivity contribution is 7.91. The van der Waals surface area contributed by atoms with Crippen molar-refractivity contribution in [3.63, 3.8) is 0 Å². The van der Waals surface area contributed by atoms with Gasteiger partial charge in [-0.15, -0.1) is 11.3 Å². The topological polar surface area (TPSA) is 125 Å². The van der Waals surface area contributed by atoms with Crippen molar-refractivity contribution in [3.8, 4) is 0 Å². The Balaban J connectivity index is 1.59. The molecule has 0 radical (unpaired) electrons. The van der Waals surface area contributed by atoms with Gasteiger partial charge < -0.3 is 16.4 Å². The van der Waals surface area contributed by atoms with Crippen molar-refractivity contribution in [1.29, 1.82) is 0 Å². The van der Waals surface area contributed by atoms with Gasteiger partial charge >= 0.3 is 6.03 Å². The SMILES string of the molecule is Cc1cc(C)cc(NC(=O)N2CCN(S(=O)(=O)c3cccs3)C2C(=O)NC2CCC(N)CC2)c1. The van der Waals surface area contributed by atoms with Crippen LogP contribution in [0.4, 0.5) is 10.5 Å². The lowest BCUT2D eigenvalue weighted by molar-refractivity contribution is -0.128. The molecular weight excluding hydrogens is 474 g/mol. The van der Waals surface area contributed by atoms with Gasteiger partial charge in [0.2, 0.25) is 0 Å². The number of carbonyl (C=O) groups excluding carboxylic acids is 2. The van der Waals surface area contributed by atoms with Crippen molar-refractivity contribution >= 4 is 39.0 Å². The van der Waals surface area contributed by atoms with Crippen LogP contribution < -0.4 is 16.4 Å². The molecule has 3 amide bonds. The lowest BCUT2D eigenvalue weighted by atomic mass is 9.92. The Hall–Kier alpha value is -2.47. The summed E-state index contributed by atoms with van der Waals surface area (Å²) in [7, 11) is -3.94. The minimum atomic E-state index is -3.94. The lowest BCUT2D eigenvalue weighted by Crippen LogP contribution is -2.56. The fraction of sp³-hybridized carbons (Fsp3) is 0.478. The summed E-state index contributed by atoms with van der Waals surface area (Å²) in [6.07, 6.45) is 1.78. The van der Waals surface area contributed by atoms with Gasteiger partial charge in [0.15, 0.2) is 6.17 Å². The second kappa shape index (κ2) is 10.0. The summed E-state index contributed by atoms with van der Waals surface area (Å²) in [6, 6.07) is 8.34. The molecule has 2 heterocycles. The summed E-state index contributed by atoms with van der Waals surface area (Å²) in [6.45, 7) is 4.00. The number of benzene rings is 1. The molecular formula is C23H31N5O4S2. The van der Waals surface area contributed by atoms with E-state index in [2.05, 4.69) is 10.6 Å². The van der Waals surface area contributed by atoms with E-state index < -0.39 is 28.1 Å². The number of sulfonamides is 1. The molecule has 0 spiro atoms. The van der Waals surface area contributed by atoms with Crippen molar-refractivity contribution in [1.82, 2.24) is 14.5 Å². The summed E-state index contributed by atoms with van der Waals surface area (Å²) in [5.74, 6) is -0.492. The summed E-state index contributed by atoms with van der Waals surface area (Å²) in [5.41, 5.74) is 8.56. The Kier molecular flexibility index (Phi) is 7.27. The van der Waals surface area contributed by atoms with Crippen LogP contribution in [-0.4, -0.2) is 60.9 Å². The number of rotatable bonds is 5. The fourth-order valence-electron chi connectivity index (χ4n) is 4.65. The minimum Gasteiger partial charge on any atom is -0.350 e. The van der Waals surface area contributed by atoms with Crippen LogP contribution >= 0.6 is 11.3 Å². The van der Waals surface area contributed by atoms with Crippen LogP contribution in [0.3, 0.4) is 0 Å². The monoisotopic (exact) mass is 505 g/mol. The molecule has 1 atom stereocenters. The zero-order valence-electron chi connectivity index (χ0n) is 19.4. The quantitative estimate of drug-likeness (QED) is 0.576. The normalized spacial score (nSPS) is 23.6. The smallest absolute Gasteiger partial charge is 0.323 e. The lowest BCUT2D eigenvalue weighted by Gasteiger charge is -2.32. The molecule has 34 heavy (non-hydrogen) atoms. The molecule has 184 valence electrons. The molecule has 1 aliphatic heterocycles. The Morgan fingerprint density at radius 2 is 1.74 bits per heavy atom. The zero-order chi connectivity index (χ0) is 24.5. The van der Waals surface area contributed by atoms with E-state index in [1.54, 1.807) is 11.4 Å². The van der Waals surface area contributed by atoms with Gasteiger partial charge in [0, 0.05) is 30.9 Å². The minimum absolute atomic E-state index is 0.0358. The van der Waals surface area contributed by atoms with E-state index in [9.17, 15) is 18.0 Å². The molecule has 9 nitrogen and oxygen atoms in total. The summed E-state index contributed by atoms with van der Waals surface area (Å²) in [5, 5.41) is 7.49. The molecule has 1 aromatic heterocycles. The Labute approximate surface area is 204 Å². The first kappa shape index (κ1) is 24.6. The van der Waals surface area contributed by atoms with Crippen LogP contribution in [0.2, 0.25) is 0 Å². The molecule has 1 unspecified atom stereocenters. The maximum atomic E-state index is 13.4. The Bertz CT molecular complexity index is 1120. The highest BCUT2D eigenvalue weighted by Gasteiger charge is 2.47. The molecule has 1 saturated carbocycles. The third-order valence-corrected chi connectivity index (χ3v) is 9.50. The standard InChI is InChI=1S/C23H31N5O4S2/c1-15-12-16(2)14-19(13-15)26-23(30)27-9-10-28(34(31,32)20-4-3-11-33-20)22(27)21(29)25-18-7-5-17(24)6-8-18/h3-4,11-14,17-18,22H,5-10,24H2,1-2H3,(H,25,29)(H,26,30). The number of aryl methyl sites for hydroxylation is 2. The molecule has 1 aliphatic carbocycles. The average molecular weight is 506 g/mol. The number of urea groups is 1. The summed E-state index contributed by atoms with van der Waals surface area (Å²) >= 11 is 1.09. The van der Waals surface area contributed by atoms with Gasteiger partial charge in [0.05, 0.1) is 0 Å². The average Bonchev–Trinajstić information content (AvgIpc) is 3.45. The highest BCUT2D eigenvalue weighted by Crippen LogP contribution is 2.29. The van der Waals surface area contributed by atoms with Crippen molar-refractivity contribution < 1.29 is 18.0 Å². The number of hydrogen-bond donors (Lipinski definition) is 3. The number of nitrogens with one attached hydrogen (secondary N) is 2. The van der Waals surface area contributed by atoms with Gasteiger partial charge in [-0.05, 0) is 74.2 Å². The van der Waals surface area contributed by atoms with Crippen molar-refractivity contribution in [2.24, 2.45) is 5.73 Å². The molecule has 2 aliphatic rings. The van der Waals surface area contributed by atoms with E-state index in [1.165, 1.54) is 11.0 Å². The zero-order valence-corrected chi connectivity index (χ0v) is 21.0. The van der Waals surface area contributed by atoms with Gasteiger partial charge in [-0.1, -0.05) is 12.1 Å². The molecule has 2 aromatic rings. The molecule has 1 saturated heterocycles. The van der Waals surface area contributed by atoms with Gasteiger partial charge in [0.1, 0.15) is 4.21 Å². The van der Waals surface area contributed by atoms with E-state index in [-0.39, 0.29) is 29.4 Å². The van der Waals surface area contributed by atoms with Crippen LogP contribution in [0.15, 0.2) is 39.9 Å². The van der Waals surface area contributed by atoms with Crippen LogP contribution in [-0.2, 0) is 14.8 Å². The number of thiophene rings is 1. The second-order valence-corrected chi connectivity index (χ2v) is 12.1. The van der Waals surface area contributed by atoms with E-state index >= 15 is 0 Å². The van der Waals surface area contributed by atoms with Gasteiger partial charge in [0.25, 0.3) is 15.9 Å². The van der Waals surface area contributed by atoms with Crippen molar-refractivity contribution in [3.05, 3.63) is 46.8 Å². The molecule has 2 fully saturated rings. The van der Waals surface area contributed by atoms with Gasteiger partial charge in [-0.25, -0.2) is 13.2 Å². The molecule has 0 bridgehead atoms. The number of anilines is 1. The maximum absolute atomic E-state index is 13.4. The van der Waals surface area contributed by atoms with Gasteiger partial charge in [-0.2, -0.15) is 4.31 Å². The van der Waals surface area contributed by atoms with Crippen molar-refractivity contribution in [2.45, 2.75) is 62.0 Å². The third-order valence-electron chi connectivity index (χ3n) is 6.27. The van der Waals surface area contributed by atoms with Gasteiger partial charge in [-0.3, -0.25) is 9.69 Å². The third kappa shape index (κ3) is 5.27. The number of hydrogen-bond acceptors (Lipinski definition) is 6. The second-order valence-electron chi connectivity index (χ2n) is 9.04. The molecule has 4 N–H and O–H groups in total. The molecule has 4 rings (SSSR count). The van der Waals surface area contributed by atoms with E-state index in [0.29, 0.717) is 5.69 Å². The number of carbonyl (C=O) groups is 2. The fourth-order valence-corrected chi connectivity index (χ4v) is 7.31. The predicted molar refractivity (Wildman–Crippen MR) is 132 cm³/mol. The van der Waals surface area contributed by atoms with Crippen LogP contribution in [0.1, 0.15) is 36.8 Å². The summed E-state index contributed by atoms with van der Waals surface area (Å²) in [4.78, 5) is 28.0. The van der Waals surface area contributed by atoms with E-state index in [1.807, 2.05) is 32.0 Å². The first-order valence-electron chi connectivity index (χ1n) is 11.4. The van der Waals surface area contributed by atoms with E-state index in [4.69, 9.17) is 5.73 Å². The van der Waals surface area contributed by atoms with Crippen LogP contribution in [0, 0.1) is 13.8 Å². The molecule has 11 heteroatoms. The number of nitrogens with two attached hydrogens (primary N) is 1. The van der Waals surface area contributed by atoms with E-state index in [0.717, 1.165) is 52.5 Å². The predicted octanol–water partition coefficient (Wildman–Crippen LogP) is 2.62. The largest absolute Gasteiger partial charge is 0.350 e. The Morgan fingerprint density at radius 3 is 2.35 bits per heavy atom. The van der Waals surface area contributed by atoms with Crippen molar-refractivity contribution in [2.75, 3.05) is 18.4 Å². The number of nitrogens with zero attached hydrogens (tertiary/aromatic N) is 2.